The standard InChI is InChI=1S/C10H17N3/c1-2-9-7-12-10(13-9)8-4-3-5-11-6-8/h7-8,11H,2-6H2,1H3,(H,12,13). The molecule has 1 aromatic rings. The van der Waals surface area contributed by atoms with Crippen LogP contribution in [0, 0.1) is 0 Å². The van der Waals surface area contributed by atoms with Crippen molar-refractivity contribution in [3.05, 3.63) is 17.7 Å². The van der Waals surface area contributed by atoms with E-state index in [0.29, 0.717) is 5.92 Å². The molecular weight excluding hydrogens is 162 g/mol. The van der Waals surface area contributed by atoms with E-state index in [1.807, 2.05) is 6.20 Å². The van der Waals surface area contributed by atoms with Gasteiger partial charge in [0.1, 0.15) is 5.82 Å². The third-order valence-electron chi connectivity index (χ3n) is 2.71. The van der Waals surface area contributed by atoms with E-state index in [1.54, 1.807) is 0 Å². The molecule has 1 fully saturated rings. The van der Waals surface area contributed by atoms with E-state index < -0.39 is 0 Å². The number of nitrogens with one attached hydrogen (secondary N) is 2. The van der Waals surface area contributed by atoms with Crippen LogP contribution in [-0.2, 0) is 6.42 Å². The Bertz CT molecular complexity index is 261. The number of aromatic amines is 1. The number of rotatable bonds is 2. The number of aromatic nitrogens is 2. The van der Waals surface area contributed by atoms with Gasteiger partial charge >= 0.3 is 0 Å². The molecule has 0 bridgehead atoms. The summed E-state index contributed by atoms with van der Waals surface area (Å²) in [7, 11) is 0. The molecule has 3 heteroatoms. The second kappa shape index (κ2) is 3.92. The van der Waals surface area contributed by atoms with Crippen molar-refractivity contribution in [3.63, 3.8) is 0 Å². The first kappa shape index (κ1) is 8.75. The van der Waals surface area contributed by atoms with Crippen molar-refractivity contribution in [1.82, 2.24) is 15.3 Å². The number of H-pyrrole nitrogens is 1. The summed E-state index contributed by atoms with van der Waals surface area (Å²) < 4.78 is 0. The average molecular weight is 179 g/mol. The predicted octanol–water partition coefficient (Wildman–Crippen LogP) is 1.44. The fourth-order valence-electron chi connectivity index (χ4n) is 1.85. The van der Waals surface area contributed by atoms with Crippen molar-refractivity contribution >= 4 is 0 Å². The Kier molecular flexibility index (Phi) is 2.64. The lowest BCUT2D eigenvalue weighted by Gasteiger charge is -2.20. The van der Waals surface area contributed by atoms with Gasteiger partial charge in [0.15, 0.2) is 0 Å². The van der Waals surface area contributed by atoms with Gasteiger partial charge in [-0.1, -0.05) is 6.92 Å². The van der Waals surface area contributed by atoms with E-state index in [2.05, 4.69) is 22.2 Å². The predicted molar refractivity (Wildman–Crippen MR) is 52.8 cm³/mol. The first-order valence-electron chi connectivity index (χ1n) is 5.14. The summed E-state index contributed by atoms with van der Waals surface area (Å²) >= 11 is 0. The monoisotopic (exact) mass is 179 g/mol. The topological polar surface area (TPSA) is 40.7 Å². The summed E-state index contributed by atoms with van der Waals surface area (Å²) in [5.74, 6) is 1.78. The zero-order valence-corrected chi connectivity index (χ0v) is 8.14. The van der Waals surface area contributed by atoms with E-state index in [1.165, 1.54) is 24.4 Å². The molecule has 3 nitrogen and oxygen atoms in total. The Morgan fingerprint density at radius 1 is 1.62 bits per heavy atom. The third kappa shape index (κ3) is 1.91. The molecule has 0 aliphatic carbocycles. The first-order valence-corrected chi connectivity index (χ1v) is 5.14. The molecule has 1 aliphatic rings. The SMILES string of the molecule is CCc1cnc(C2CCCNC2)[nH]1. The lowest BCUT2D eigenvalue weighted by molar-refractivity contribution is 0.448. The molecule has 1 saturated heterocycles. The van der Waals surface area contributed by atoms with Crippen LogP contribution in [0.2, 0.25) is 0 Å². The number of nitrogens with zero attached hydrogens (tertiary/aromatic N) is 1. The number of piperidine rings is 1. The van der Waals surface area contributed by atoms with Gasteiger partial charge in [-0.2, -0.15) is 0 Å². The van der Waals surface area contributed by atoms with Gasteiger partial charge in [0, 0.05) is 24.4 Å². The van der Waals surface area contributed by atoms with E-state index >= 15 is 0 Å². The molecule has 0 amide bonds. The van der Waals surface area contributed by atoms with Crippen LogP contribution in [0.1, 0.15) is 37.2 Å². The lowest BCUT2D eigenvalue weighted by Crippen LogP contribution is -2.28. The fourth-order valence-corrected chi connectivity index (χ4v) is 1.85. The second-order valence-electron chi connectivity index (χ2n) is 3.69. The van der Waals surface area contributed by atoms with E-state index in [-0.39, 0.29) is 0 Å². The van der Waals surface area contributed by atoms with Gasteiger partial charge in [0.05, 0.1) is 0 Å². The van der Waals surface area contributed by atoms with E-state index in [4.69, 9.17) is 0 Å². The summed E-state index contributed by atoms with van der Waals surface area (Å²) in [5.41, 5.74) is 1.25. The molecule has 0 radical (unpaired) electrons. The van der Waals surface area contributed by atoms with Gasteiger partial charge in [0.2, 0.25) is 0 Å². The van der Waals surface area contributed by atoms with Crippen molar-refractivity contribution in [3.8, 4) is 0 Å². The molecule has 1 atom stereocenters. The Morgan fingerprint density at radius 2 is 2.54 bits per heavy atom. The molecule has 2 rings (SSSR count). The lowest BCUT2D eigenvalue weighted by atomic mass is 9.99. The quantitative estimate of drug-likeness (QED) is 0.721. The highest BCUT2D eigenvalue weighted by Gasteiger charge is 2.17. The molecule has 1 unspecified atom stereocenters. The van der Waals surface area contributed by atoms with Crippen LogP contribution in [0.5, 0.6) is 0 Å². The van der Waals surface area contributed by atoms with Crippen LogP contribution in [0.15, 0.2) is 6.20 Å². The highest BCUT2D eigenvalue weighted by Crippen LogP contribution is 2.20. The third-order valence-corrected chi connectivity index (χ3v) is 2.71. The highest BCUT2D eigenvalue weighted by molar-refractivity contribution is 5.06. The number of hydrogen-bond acceptors (Lipinski definition) is 2. The molecule has 0 aromatic carbocycles. The largest absolute Gasteiger partial charge is 0.346 e. The van der Waals surface area contributed by atoms with Crippen LogP contribution in [0.25, 0.3) is 0 Å². The van der Waals surface area contributed by atoms with Gasteiger partial charge in [0.25, 0.3) is 0 Å². The molecule has 0 saturated carbocycles. The maximum atomic E-state index is 4.42. The molecule has 1 aromatic heterocycles. The van der Waals surface area contributed by atoms with Crippen molar-refractivity contribution in [1.29, 1.82) is 0 Å². The van der Waals surface area contributed by atoms with Gasteiger partial charge < -0.3 is 10.3 Å². The summed E-state index contributed by atoms with van der Waals surface area (Å²) in [5, 5.41) is 3.40. The average Bonchev–Trinajstić information content (AvgIpc) is 2.67. The van der Waals surface area contributed by atoms with Gasteiger partial charge in [-0.25, -0.2) is 4.98 Å². The van der Waals surface area contributed by atoms with Crippen LogP contribution < -0.4 is 5.32 Å². The van der Waals surface area contributed by atoms with Gasteiger partial charge in [-0.15, -0.1) is 0 Å². The minimum absolute atomic E-state index is 0.606. The molecule has 1 aliphatic heterocycles. The minimum atomic E-state index is 0.606. The van der Waals surface area contributed by atoms with Crippen molar-refractivity contribution < 1.29 is 0 Å². The van der Waals surface area contributed by atoms with Gasteiger partial charge in [-0.05, 0) is 25.8 Å². The number of aryl methyl sites for hydroxylation is 1. The molecule has 0 spiro atoms. The Morgan fingerprint density at radius 3 is 3.15 bits per heavy atom. The van der Waals surface area contributed by atoms with Crippen LogP contribution in [-0.4, -0.2) is 23.1 Å². The molecule has 13 heavy (non-hydrogen) atoms. The zero-order valence-electron chi connectivity index (χ0n) is 8.14. The Balaban J connectivity index is 2.05. The van der Waals surface area contributed by atoms with Crippen LogP contribution in [0.3, 0.4) is 0 Å². The van der Waals surface area contributed by atoms with Crippen molar-refractivity contribution in [2.45, 2.75) is 32.1 Å². The number of hydrogen-bond donors (Lipinski definition) is 2. The van der Waals surface area contributed by atoms with Crippen molar-refractivity contribution in [2.75, 3.05) is 13.1 Å². The summed E-state index contributed by atoms with van der Waals surface area (Å²) in [4.78, 5) is 7.80. The van der Waals surface area contributed by atoms with E-state index in [9.17, 15) is 0 Å². The van der Waals surface area contributed by atoms with Crippen molar-refractivity contribution in [2.24, 2.45) is 0 Å². The Labute approximate surface area is 79.0 Å². The maximum Gasteiger partial charge on any atom is 0.110 e. The fraction of sp³-hybridized carbons (Fsp3) is 0.700. The molecule has 2 N–H and O–H groups in total. The highest BCUT2D eigenvalue weighted by atomic mass is 15.0. The second-order valence-corrected chi connectivity index (χ2v) is 3.69. The zero-order chi connectivity index (χ0) is 9.10. The van der Waals surface area contributed by atoms with Gasteiger partial charge in [-0.3, -0.25) is 0 Å². The number of imidazole rings is 1. The van der Waals surface area contributed by atoms with Crippen LogP contribution in [0.4, 0.5) is 0 Å². The maximum absolute atomic E-state index is 4.42. The smallest absolute Gasteiger partial charge is 0.110 e. The summed E-state index contributed by atoms with van der Waals surface area (Å²) in [6.45, 7) is 4.39. The molecular formula is C10H17N3. The molecule has 72 valence electrons. The van der Waals surface area contributed by atoms with E-state index in [0.717, 1.165) is 19.5 Å². The molecule has 2 heterocycles. The first-order chi connectivity index (χ1) is 6.40. The van der Waals surface area contributed by atoms with Crippen LogP contribution >= 0.6 is 0 Å². The Hall–Kier alpha value is -0.830. The summed E-state index contributed by atoms with van der Waals surface area (Å²) in [6.07, 6.45) is 5.55. The minimum Gasteiger partial charge on any atom is -0.346 e. The summed E-state index contributed by atoms with van der Waals surface area (Å²) in [6, 6.07) is 0. The normalized spacial score (nSPS) is 23.3.